The van der Waals surface area contributed by atoms with Crippen molar-refractivity contribution in [3.63, 3.8) is 0 Å². The minimum absolute atomic E-state index is 0.0959. The quantitative estimate of drug-likeness (QED) is 0.671. The van der Waals surface area contributed by atoms with E-state index in [9.17, 15) is 15.0 Å². The van der Waals surface area contributed by atoms with E-state index in [1.54, 1.807) is 0 Å². The average molecular weight is 407 g/mol. The molecule has 0 bridgehead atoms. The van der Waals surface area contributed by atoms with Crippen molar-refractivity contribution in [2.45, 2.75) is 97.2 Å². The molecular weight excluding hydrogens is 364 g/mol. The third kappa shape index (κ3) is 3.46. The molecule has 10 atom stereocenters. The van der Waals surface area contributed by atoms with Crippen LogP contribution in [0.5, 0.6) is 0 Å². The van der Waals surface area contributed by atoms with Gasteiger partial charge in [0, 0.05) is 6.42 Å². The van der Waals surface area contributed by atoms with Gasteiger partial charge in [0.2, 0.25) is 0 Å². The van der Waals surface area contributed by atoms with Gasteiger partial charge in [-0.3, -0.25) is 4.79 Å². The summed E-state index contributed by atoms with van der Waals surface area (Å²) in [7, 11) is 1.48. The number of carbonyl (C=O) groups excluding carboxylic acids is 1. The summed E-state index contributed by atoms with van der Waals surface area (Å²) in [6.07, 6.45) is 9.80. The number of carbonyl (C=O) groups is 1. The van der Waals surface area contributed by atoms with Crippen molar-refractivity contribution >= 4 is 5.97 Å². The van der Waals surface area contributed by atoms with Gasteiger partial charge in [-0.2, -0.15) is 0 Å². The Hall–Kier alpha value is -0.610. The van der Waals surface area contributed by atoms with Crippen LogP contribution >= 0.6 is 0 Å². The van der Waals surface area contributed by atoms with Crippen molar-refractivity contribution in [2.24, 2.45) is 46.3 Å². The predicted molar refractivity (Wildman–Crippen MR) is 113 cm³/mol. The third-order valence-corrected chi connectivity index (χ3v) is 10.4. The van der Waals surface area contributed by atoms with Gasteiger partial charge in [-0.25, -0.2) is 0 Å². The number of methoxy groups -OCH3 is 1. The van der Waals surface area contributed by atoms with Crippen molar-refractivity contribution in [1.82, 2.24) is 0 Å². The summed E-state index contributed by atoms with van der Waals surface area (Å²) in [6, 6.07) is 0. The van der Waals surface area contributed by atoms with Gasteiger partial charge in [0.15, 0.2) is 0 Å². The Morgan fingerprint density at radius 3 is 2.45 bits per heavy atom. The molecule has 0 heterocycles. The maximum Gasteiger partial charge on any atom is 0.305 e. The van der Waals surface area contributed by atoms with E-state index < -0.39 is 0 Å². The van der Waals surface area contributed by atoms with E-state index in [1.165, 1.54) is 32.8 Å². The molecule has 0 radical (unpaired) electrons. The topological polar surface area (TPSA) is 66.8 Å². The molecule has 0 aromatic rings. The molecule has 2 N–H and O–H groups in total. The highest BCUT2D eigenvalue weighted by Gasteiger charge is 2.62. The Morgan fingerprint density at radius 2 is 1.72 bits per heavy atom. The Balaban J connectivity index is 1.53. The van der Waals surface area contributed by atoms with E-state index in [4.69, 9.17) is 4.74 Å². The molecule has 0 saturated heterocycles. The number of rotatable bonds is 4. The van der Waals surface area contributed by atoms with Crippen LogP contribution in [0, 0.1) is 46.3 Å². The predicted octanol–water partition coefficient (Wildman–Crippen LogP) is 4.57. The summed E-state index contributed by atoms with van der Waals surface area (Å²) in [5.74, 6) is 3.17. The maximum absolute atomic E-state index is 11.6. The van der Waals surface area contributed by atoms with Crippen molar-refractivity contribution in [3.8, 4) is 0 Å². The molecule has 4 aliphatic carbocycles. The van der Waals surface area contributed by atoms with Crippen LogP contribution in [-0.4, -0.2) is 35.5 Å². The molecular formula is C25H42O4. The second-order valence-electron chi connectivity index (χ2n) is 11.5. The molecule has 0 unspecified atom stereocenters. The molecule has 4 saturated carbocycles. The molecule has 0 spiro atoms. The number of ether oxygens (including phenoxy) is 1. The first-order chi connectivity index (χ1) is 13.7. The van der Waals surface area contributed by atoms with Crippen LogP contribution in [-0.2, 0) is 9.53 Å². The summed E-state index contributed by atoms with van der Waals surface area (Å²) in [4.78, 5) is 11.6. The Bertz CT molecular complexity index is 620. The lowest BCUT2D eigenvalue weighted by Crippen LogP contribution is -2.58. The van der Waals surface area contributed by atoms with Gasteiger partial charge in [0.05, 0.1) is 19.3 Å². The number of hydrogen-bond donors (Lipinski definition) is 2. The Kier molecular flexibility index (Phi) is 5.83. The zero-order valence-corrected chi connectivity index (χ0v) is 18.9. The molecule has 0 amide bonds. The molecule has 0 aliphatic heterocycles. The molecule has 4 rings (SSSR count). The van der Waals surface area contributed by atoms with E-state index in [0.29, 0.717) is 47.3 Å². The Morgan fingerprint density at radius 1 is 1.03 bits per heavy atom. The first-order valence-electron chi connectivity index (χ1n) is 12.1. The second kappa shape index (κ2) is 7.82. The first-order valence-corrected chi connectivity index (χ1v) is 12.1. The van der Waals surface area contributed by atoms with Gasteiger partial charge < -0.3 is 14.9 Å². The first kappa shape index (κ1) is 21.6. The highest BCUT2D eigenvalue weighted by molar-refractivity contribution is 5.69. The van der Waals surface area contributed by atoms with E-state index in [0.717, 1.165) is 32.1 Å². The van der Waals surface area contributed by atoms with Gasteiger partial charge in [0.25, 0.3) is 0 Å². The molecule has 166 valence electrons. The van der Waals surface area contributed by atoms with E-state index in [2.05, 4.69) is 20.8 Å². The van der Waals surface area contributed by atoms with Crippen LogP contribution in [0.15, 0.2) is 0 Å². The number of fused-ring (bicyclic) bond motifs is 5. The molecule has 4 heteroatoms. The van der Waals surface area contributed by atoms with E-state index >= 15 is 0 Å². The normalized spacial score (nSPS) is 50.2. The van der Waals surface area contributed by atoms with Crippen LogP contribution in [0.4, 0.5) is 0 Å². The van der Waals surface area contributed by atoms with Gasteiger partial charge in [-0.15, -0.1) is 0 Å². The Labute approximate surface area is 176 Å². The minimum Gasteiger partial charge on any atom is -0.469 e. The lowest BCUT2D eigenvalue weighted by Gasteiger charge is -2.62. The van der Waals surface area contributed by atoms with Crippen LogP contribution in [0.3, 0.4) is 0 Å². The molecule has 0 aromatic heterocycles. The summed E-state index contributed by atoms with van der Waals surface area (Å²) >= 11 is 0. The highest BCUT2D eigenvalue weighted by atomic mass is 16.5. The SMILES string of the molecule is COC(=O)CC[C@@H](C)[C@@H]1CC[C@H]2[C@@H]3[C@H](O)C[C@@H]4C[C@H](O)CC[C@]4(C)[C@H]3CC[C@@]21C. The molecule has 29 heavy (non-hydrogen) atoms. The van der Waals surface area contributed by atoms with Gasteiger partial charge in [0.1, 0.15) is 0 Å². The van der Waals surface area contributed by atoms with Gasteiger partial charge >= 0.3 is 5.97 Å². The largest absolute Gasteiger partial charge is 0.469 e. The molecule has 4 aliphatic rings. The summed E-state index contributed by atoms with van der Waals surface area (Å²) < 4.78 is 4.86. The van der Waals surface area contributed by atoms with Crippen molar-refractivity contribution in [3.05, 3.63) is 0 Å². The lowest BCUT2D eigenvalue weighted by molar-refractivity contribution is -0.174. The lowest BCUT2D eigenvalue weighted by atomic mass is 9.43. The minimum atomic E-state index is -0.211. The van der Waals surface area contributed by atoms with Crippen molar-refractivity contribution in [2.75, 3.05) is 7.11 Å². The number of aliphatic hydroxyl groups excluding tert-OH is 2. The zero-order chi connectivity index (χ0) is 21.0. The smallest absolute Gasteiger partial charge is 0.305 e. The van der Waals surface area contributed by atoms with E-state index in [1.807, 2.05) is 0 Å². The average Bonchev–Trinajstić information content (AvgIpc) is 3.04. The number of esters is 1. The number of aliphatic hydroxyl groups is 2. The molecule has 4 nitrogen and oxygen atoms in total. The van der Waals surface area contributed by atoms with Gasteiger partial charge in [-0.05, 0) is 104 Å². The standard InChI is InChI=1S/C25H42O4/c1-15(5-8-22(28)29-4)18-6-7-19-23-20(10-12-25(18,19)3)24(2)11-9-17(26)13-16(24)14-21(23)27/h15-21,23,26-27H,5-14H2,1-4H3/t15-,16+,17-,18+,19+,20+,21-,23+,24+,25-/m1/s1. The van der Waals surface area contributed by atoms with Gasteiger partial charge in [-0.1, -0.05) is 20.8 Å². The van der Waals surface area contributed by atoms with E-state index in [-0.39, 0.29) is 23.6 Å². The molecule has 4 fully saturated rings. The third-order valence-electron chi connectivity index (χ3n) is 10.4. The van der Waals surface area contributed by atoms with Crippen molar-refractivity contribution < 1.29 is 19.7 Å². The fraction of sp³-hybridized carbons (Fsp3) is 0.960. The second-order valence-corrected chi connectivity index (χ2v) is 11.5. The number of hydrogen-bond acceptors (Lipinski definition) is 4. The fourth-order valence-electron chi connectivity index (χ4n) is 8.82. The van der Waals surface area contributed by atoms with Crippen LogP contribution in [0.1, 0.15) is 85.0 Å². The summed E-state index contributed by atoms with van der Waals surface area (Å²) in [5, 5.41) is 21.5. The highest BCUT2D eigenvalue weighted by Crippen LogP contribution is 2.68. The van der Waals surface area contributed by atoms with Crippen LogP contribution in [0.2, 0.25) is 0 Å². The maximum atomic E-state index is 11.6. The van der Waals surface area contributed by atoms with Crippen LogP contribution in [0.25, 0.3) is 0 Å². The summed E-state index contributed by atoms with van der Waals surface area (Å²) in [6.45, 7) is 7.29. The zero-order valence-electron chi connectivity index (χ0n) is 18.9. The molecule has 0 aromatic carbocycles. The fourth-order valence-corrected chi connectivity index (χ4v) is 8.82. The summed E-state index contributed by atoms with van der Waals surface area (Å²) in [5.41, 5.74) is 0.577. The van der Waals surface area contributed by atoms with Crippen molar-refractivity contribution in [1.29, 1.82) is 0 Å². The monoisotopic (exact) mass is 406 g/mol. The van der Waals surface area contributed by atoms with Crippen LogP contribution < -0.4 is 0 Å².